The molecular weight excluding hydrogens is 132 g/mol. The Morgan fingerprint density at radius 3 is 2.70 bits per heavy atom. The highest BCUT2D eigenvalue weighted by Gasteiger charge is 2.00. The number of rotatable bonds is 3. The number of amides is 2. The van der Waals surface area contributed by atoms with E-state index in [9.17, 15) is 4.79 Å². The molecule has 0 aromatic rings. The van der Waals surface area contributed by atoms with E-state index in [1.165, 1.54) is 0 Å². The molecule has 4 nitrogen and oxygen atoms in total. The van der Waals surface area contributed by atoms with Crippen LogP contribution in [0.5, 0.6) is 0 Å². The van der Waals surface area contributed by atoms with Gasteiger partial charge in [0.25, 0.3) is 0 Å². The van der Waals surface area contributed by atoms with E-state index in [0.717, 1.165) is 0 Å². The second-order valence-electron chi connectivity index (χ2n) is 2.01. The fourth-order valence-corrected chi connectivity index (χ4v) is 0.408. The molecule has 0 radical (unpaired) electrons. The van der Waals surface area contributed by atoms with Crippen molar-refractivity contribution in [3.63, 3.8) is 0 Å². The van der Waals surface area contributed by atoms with E-state index in [0.29, 0.717) is 6.54 Å². The number of methoxy groups -OCH3 is 1. The summed E-state index contributed by atoms with van der Waals surface area (Å²) in [5.41, 5.74) is 0. The van der Waals surface area contributed by atoms with Gasteiger partial charge >= 0.3 is 6.03 Å². The van der Waals surface area contributed by atoms with Gasteiger partial charge in [-0.05, 0) is 6.92 Å². The first-order valence-electron chi connectivity index (χ1n) is 3.19. The Morgan fingerprint density at radius 1 is 1.70 bits per heavy atom. The fraction of sp³-hybridized carbons (Fsp3) is 0.833. The van der Waals surface area contributed by atoms with E-state index in [-0.39, 0.29) is 12.1 Å². The third-order valence-electron chi connectivity index (χ3n) is 1.18. The first-order chi connectivity index (χ1) is 4.70. The zero-order chi connectivity index (χ0) is 7.98. The molecule has 0 fully saturated rings. The largest absolute Gasteiger partial charge is 0.380 e. The maximum Gasteiger partial charge on any atom is 0.314 e. The molecule has 0 bridgehead atoms. The van der Waals surface area contributed by atoms with Crippen LogP contribution in [0.4, 0.5) is 4.79 Å². The number of hydrogen-bond donors (Lipinski definition) is 2. The summed E-state index contributed by atoms with van der Waals surface area (Å²) in [5, 5.41) is 5.05. The van der Waals surface area contributed by atoms with Gasteiger partial charge in [0.2, 0.25) is 0 Å². The Bertz CT molecular complexity index is 106. The summed E-state index contributed by atoms with van der Waals surface area (Å²) in [6, 6.07) is -0.177. The highest BCUT2D eigenvalue weighted by molar-refractivity contribution is 5.73. The monoisotopic (exact) mass is 146 g/mol. The summed E-state index contributed by atoms with van der Waals surface area (Å²) in [7, 11) is 3.18. The average molecular weight is 146 g/mol. The molecule has 0 unspecified atom stereocenters. The third-order valence-corrected chi connectivity index (χ3v) is 1.18. The lowest BCUT2D eigenvalue weighted by molar-refractivity contribution is 0.118. The van der Waals surface area contributed by atoms with Crippen LogP contribution in [-0.2, 0) is 4.74 Å². The lowest BCUT2D eigenvalue weighted by Gasteiger charge is -2.09. The molecule has 60 valence electrons. The summed E-state index contributed by atoms with van der Waals surface area (Å²) in [5.74, 6) is 0. The second kappa shape index (κ2) is 5.05. The first kappa shape index (κ1) is 9.23. The molecule has 0 aliphatic carbocycles. The first-order valence-corrected chi connectivity index (χ1v) is 3.19. The molecule has 2 amide bonds. The SMILES string of the molecule is CNC(=O)NC[C@H](C)OC. The van der Waals surface area contributed by atoms with E-state index in [1.54, 1.807) is 14.2 Å². The molecule has 0 heterocycles. The number of hydrogen-bond acceptors (Lipinski definition) is 2. The van der Waals surface area contributed by atoms with Crippen LogP contribution in [-0.4, -0.2) is 32.8 Å². The van der Waals surface area contributed by atoms with Crippen LogP contribution in [0.25, 0.3) is 0 Å². The maximum atomic E-state index is 10.6. The molecule has 4 heteroatoms. The van der Waals surface area contributed by atoms with Crippen molar-refractivity contribution < 1.29 is 9.53 Å². The predicted molar refractivity (Wildman–Crippen MR) is 38.9 cm³/mol. The molecule has 10 heavy (non-hydrogen) atoms. The van der Waals surface area contributed by atoms with Crippen molar-refractivity contribution >= 4 is 6.03 Å². The van der Waals surface area contributed by atoms with E-state index in [1.807, 2.05) is 6.92 Å². The van der Waals surface area contributed by atoms with Crippen LogP contribution in [0.2, 0.25) is 0 Å². The molecule has 0 aliphatic heterocycles. The summed E-state index contributed by atoms with van der Waals surface area (Å²) in [6.07, 6.45) is 0.0669. The Labute approximate surface area is 60.9 Å². The smallest absolute Gasteiger partial charge is 0.314 e. The molecule has 0 rings (SSSR count). The lowest BCUT2D eigenvalue weighted by atomic mass is 10.4. The van der Waals surface area contributed by atoms with Gasteiger partial charge in [0, 0.05) is 20.7 Å². The summed E-state index contributed by atoms with van der Waals surface area (Å²) < 4.78 is 4.90. The average Bonchev–Trinajstić information content (AvgIpc) is 1.99. The van der Waals surface area contributed by atoms with Crippen LogP contribution in [0.3, 0.4) is 0 Å². The van der Waals surface area contributed by atoms with Gasteiger partial charge in [0.1, 0.15) is 0 Å². The number of carbonyl (C=O) groups is 1. The Balaban J connectivity index is 3.26. The minimum Gasteiger partial charge on any atom is -0.380 e. The van der Waals surface area contributed by atoms with Crippen molar-refractivity contribution in [1.82, 2.24) is 10.6 Å². The highest BCUT2D eigenvalue weighted by Crippen LogP contribution is 1.82. The van der Waals surface area contributed by atoms with Gasteiger partial charge in [0.15, 0.2) is 0 Å². The van der Waals surface area contributed by atoms with Gasteiger partial charge in [-0.15, -0.1) is 0 Å². The van der Waals surface area contributed by atoms with Crippen molar-refractivity contribution in [3.8, 4) is 0 Å². The van der Waals surface area contributed by atoms with Gasteiger partial charge in [-0.1, -0.05) is 0 Å². The van der Waals surface area contributed by atoms with Gasteiger partial charge in [-0.25, -0.2) is 4.79 Å². The minimum atomic E-state index is -0.177. The molecule has 0 aromatic carbocycles. The molecule has 0 spiro atoms. The molecule has 0 aliphatic rings. The Hall–Kier alpha value is -0.770. The summed E-state index contributed by atoms with van der Waals surface area (Å²) >= 11 is 0. The molecule has 0 saturated heterocycles. The van der Waals surface area contributed by atoms with Crippen molar-refractivity contribution in [2.45, 2.75) is 13.0 Å². The Kier molecular flexibility index (Phi) is 4.66. The molecule has 0 saturated carbocycles. The molecule has 1 atom stereocenters. The van der Waals surface area contributed by atoms with Crippen molar-refractivity contribution in [2.24, 2.45) is 0 Å². The van der Waals surface area contributed by atoms with Gasteiger partial charge in [0.05, 0.1) is 6.10 Å². The number of ether oxygens (including phenoxy) is 1. The fourth-order valence-electron chi connectivity index (χ4n) is 0.408. The minimum absolute atomic E-state index is 0.0669. The normalized spacial score (nSPS) is 12.3. The van der Waals surface area contributed by atoms with E-state index < -0.39 is 0 Å². The van der Waals surface area contributed by atoms with Gasteiger partial charge in [-0.3, -0.25) is 0 Å². The van der Waals surface area contributed by atoms with Crippen molar-refractivity contribution in [3.05, 3.63) is 0 Å². The third kappa shape index (κ3) is 4.14. The standard InChI is InChI=1S/C6H14N2O2/c1-5(10-3)4-8-6(9)7-2/h5H,4H2,1-3H3,(H2,7,8,9)/t5-/m0/s1. The van der Waals surface area contributed by atoms with Gasteiger partial charge < -0.3 is 15.4 Å². The molecule has 2 N–H and O–H groups in total. The van der Waals surface area contributed by atoms with E-state index in [4.69, 9.17) is 4.74 Å². The zero-order valence-electron chi connectivity index (χ0n) is 6.60. The maximum absolute atomic E-state index is 10.6. The number of nitrogens with one attached hydrogen (secondary N) is 2. The predicted octanol–water partition coefficient (Wildman–Crippen LogP) is -0.0497. The summed E-state index contributed by atoms with van der Waals surface area (Å²) in [4.78, 5) is 10.6. The number of carbonyl (C=O) groups excluding carboxylic acids is 1. The quantitative estimate of drug-likeness (QED) is 0.586. The zero-order valence-corrected chi connectivity index (χ0v) is 6.60. The van der Waals surface area contributed by atoms with E-state index >= 15 is 0 Å². The molecular formula is C6H14N2O2. The second-order valence-corrected chi connectivity index (χ2v) is 2.01. The van der Waals surface area contributed by atoms with Crippen LogP contribution in [0, 0.1) is 0 Å². The van der Waals surface area contributed by atoms with Crippen LogP contribution < -0.4 is 10.6 Å². The van der Waals surface area contributed by atoms with Crippen molar-refractivity contribution in [1.29, 1.82) is 0 Å². The van der Waals surface area contributed by atoms with E-state index in [2.05, 4.69) is 10.6 Å². The Morgan fingerprint density at radius 2 is 2.30 bits per heavy atom. The number of urea groups is 1. The van der Waals surface area contributed by atoms with Crippen molar-refractivity contribution in [2.75, 3.05) is 20.7 Å². The molecule has 0 aromatic heterocycles. The van der Waals surface area contributed by atoms with Crippen LogP contribution >= 0.6 is 0 Å². The summed E-state index contributed by atoms with van der Waals surface area (Å²) in [6.45, 7) is 2.42. The lowest BCUT2D eigenvalue weighted by Crippen LogP contribution is -2.37. The highest BCUT2D eigenvalue weighted by atomic mass is 16.5. The van der Waals surface area contributed by atoms with Crippen LogP contribution in [0.1, 0.15) is 6.92 Å². The van der Waals surface area contributed by atoms with Crippen LogP contribution in [0.15, 0.2) is 0 Å². The van der Waals surface area contributed by atoms with Gasteiger partial charge in [-0.2, -0.15) is 0 Å². The topological polar surface area (TPSA) is 50.4 Å².